The predicted molar refractivity (Wildman–Crippen MR) is 91.7 cm³/mol. The van der Waals surface area contributed by atoms with Crippen LogP contribution in [0.1, 0.15) is 62.3 Å². The Morgan fingerprint density at radius 3 is 1.83 bits per heavy atom. The second-order valence-electron chi connectivity index (χ2n) is 8.38. The summed E-state index contributed by atoms with van der Waals surface area (Å²) in [7, 11) is 0. The first kappa shape index (κ1) is 22.9. The fraction of sp³-hybridized carbons (Fsp3) is 0.889. The molecule has 142 valence electrons. The van der Waals surface area contributed by atoms with Crippen LogP contribution < -0.4 is 0 Å². The highest BCUT2D eigenvalue weighted by molar-refractivity contribution is 5.78. The van der Waals surface area contributed by atoms with Gasteiger partial charge in [-0.25, -0.2) is 4.79 Å². The molecule has 0 aromatic rings. The van der Waals surface area contributed by atoms with E-state index >= 15 is 0 Å². The SMILES string of the molecule is CC(COC(=O)C(C)(C)C)OC(C)(C)C(=O)OCCOC(C)(C)C. The second kappa shape index (κ2) is 8.81. The number of hydrogen-bond acceptors (Lipinski definition) is 6. The molecule has 6 heteroatoms. The van der Waals surface area contributed by atoms with Crippen molar-refractivity contribution in [2.75, 3.05) is 19.8 Å². The number of hydrogen-bond donors (Lipinski definition) is 0. The average Bonchev–Trinajstić information content (AvgIpc) is 2.37. The fourth-order valence-electron chi connectivity index (χ4n) is 1.65. The molecule has 1 atom stereocenters. The molecule has 0 radical (unpaired) electrons. The minimum Gasteiger partial charge on any atom is -0.463 e. The Hall–Kier alpha value is -1.14. The summed E-state index contributed by atoms with van der Waals surface area (Å²) in [5.41, 5.74) is -1.97. The average molecular weight is 346 g/mol. The zero-order chi connectivity index (χ0) is 19.2. The summed E-state index contributed by atoms with van der Waals surface area (Å²) in [6.07, 6.45) is -0.426. The maximum absolute atomic E-state index is 12.1. The molecule has 0 amide bonds. The number of carbonyl (C=O) groups excluding carboxylic acids is 2. The van der Waals surface area contributed by atoms with Crippen LogP contribution in [0.3, 0.4) is 0 Å². The molecule has 0 N–H and O–H groups in total. The molecule has 0 bridgehead atoms. The minimum atomic E-state index is -1.13. The van der Waals surface area contributed by atoms with Crippen molar-refractivity contribution in [3.05, 3.63) is 0 Å². The molecule has 0 rings (SSSR count). The van der Waals surface area contributed by atoms with Crippen molar-refractivity contribution in [2.45, 2.75) is 79.6 Å². The van der Waals surface area contributed by atoms with Gasteiger partial charge in [-0.1, -0.05) is 0 Å². The molecule has 0 fully saturated rings. The molecule has 6 nitrogen and oxygen atoms in total. The molecular formula is C18H34O6. The van der Waals surface area contributed by atoms with E-state index in [-0.39, 0.29) is 24.8 Å². The summed E-state index contributed by atoms with van der Waals surface area (Å²) in [4.78, 5) is 23.9. The smallest absolute Gasteiger partial charge is 0.337 e. The molecule has 0 aliphatic heterocycles. The molecule has 0 aromatic carbocycles. The molecule has 24 heavy (non-hydrogen) atoms. The maximum atomic E-state index is 12.1. The first-order chi connectivity index (χ1) is 10.6. The predicted octanol–water partition coefficient (Wildman–Crippen LogP) is 3.12. The van der Waals surface area contributed by atoms with Crippen LogP contribution in [0.2, 0.25) is 0 Å². The van der Waals surface area contributed by atoms with Gasteiger partial charge in [0, 0.05) is 0 Å². The van der Waals surface area contributed by atoms with Crippen molar-refractivity contribution >= 4 is 11.9 Å². The lowest BCUT2D eigenvalue weighted by atomic mass is 9.97. The summed E-state index contributed by atoms with van der Waals surface area (Å²) < 4.78 is 21.5. The van der Waals surface area contributed by atoms with Gasteiger partial charge in [-0.3, -0.25) is 4.79 Å². The van der Waals surface area contributed by atoms with Crippen LogP contribution in [0.25, 0.3) is 0 Å². The Morgan fingerprint density at radius 1 is 0.833 bits per heavy atom. The van der Waals surface area contributed by atoms with E-state index in [0.717, 1.165) is 0 Å². The Labute approximate surface area is 146 Å². The number of carbonyl (C=O) groups is 2. The summed E-state index contributed by atoms with van der Waals surface area (Å²) in [5.74, 6) is -0.785. The Balaban J connectivity index is 4.26. The Morgan fingerprint density at radius 2 is 1.38 bits per heavy atom. The van der Waals surface area contributed by atoms with Gasteiger partial charge in [-0.15, -0.1) is 0 Å². The van der Waals surface area contributed by atoms with Gasteiger partial charge < -0.3 is 18.9 Å². The lowest BCUT2D eigenvalue weighted by Crippen LogP contribution is -2.41. The van der Waals surface area contributed by atoms with E-state index in [0.29, 0.717) is 6.61 Å². The largest absolute Gasteiger partial charge is 0.463 e. The van der Waals surface area contributed by atoms with Crippen LogP contribution in [0.4, 0.5) is 0 Å². The van der Waals surface area contributed by atoms with E-state index in [9.17, 15) is 9.59 Å². The van der Waals surface area contributed by atoms with Gasteiger partial charge in [0.2, 0.25) is 0 Å². The van der Waals surface area contributed by atoms with Crippen molar-refractivity contribution in [3.63, 3.8) is 0 Å². The molecule has 0 aromatic heterocycles. The van der Waals surface area contributed by atoms with Crippen LogP contribution in [-0.2, 0) is 28.5 Å². The monoisotopic (exact) mass is 346 g/mol. The van der Waals surface area contributed by atoms with Crippen molar-refractivity contribution in [1.29, 1.82) is 0 Å². The molecule has 0 heterocycles. The lowest BCUT2D eigenvalue weighted by Gasteiger charge is -2.28. The first-order valence-corrected chi connectivity index (χ1v) is 8.31. The topological polar surface area (TPSA) is 71.1 Å². The minimum absolute atomic E-state index is 0.0833. The third kappa shape index (κ3) is 9.88. The van der Waals surface area contributed by atoms with Crippen LogP contribution in [0, 0.1) is 5.41 Å². The van der Waals surface area contributed by atoms with Gasteiger partial charge in [0.15, 0.2) is 5.60 Å². The summed E-state index contributed by atoms with van der Waals surface area (Å²) in [6, 6.07) is 0. The van der Waals surface area contributed by atoms with Gasteiger partial charge in [-0.2, -0.15) is 0 Å². The van der Waals surface area contributed by atoms with Crippen molar-refractivity contribution in [2.24, 2.45) is 5.41 Å². The van der Waals surface area contributed by atoms with E-state index in [1.165, 1.54) is 0 Å². The van der Waals surface area contributed by atoms with Crippen molar-refractivity contribution in [1.82, 2.24) is 0 Å². The van der Waals surface area contributed by atoms with Gasteiger partial charge in [0.05, 0.1) is 23.7 Å². The van der Waals surface area contributed by atoms with Crippen LogP contribution in [-0.4, -0.2) is 49.1 Å². The molecule has 0 aliphatic carbocycles. The molecule has 0 aliphatic rings. The fourth-order valence-corrected chi connectivity index (χ4v) is 1.65. The first-order valence-electron chi connectivity index (χ1n) is 8.31. The Kier molecular flexibility index (Phi) is 8.39. The van der Waals surface area contributed by atoms with Crippen LogP contribution in [0.5, 0.6) is 0 Å². The zero-order valence-corrected chi connectivity index (χ0v) is 16.6. The van der Waals surface area contributed by atoms with Crippen LogP contribution >= 0.6 is 0 Å². The highest BCUT2D eigenvalue weighted by atomic mass is 16.6. The second-order valence-corrected chi connectivity index (χ2v) is 8.38. The number of rotatable bonds is 8. The molecule has 0 saturated heterocycles. The van der Waals surface area contributed by atoms with E-state index in [1.807, 2.05) is 20.8 Å². The third-order valence-corrected chi connectivity index (χ3v) is 2.90. The van der Waals surface area contributed by atoms with Crippen molar-refractivity contribution in [3.8, 4) is 0 Å². The Bertz CT molecular complexity index is 414. The standard InChI is InChI=1S/C18H34O6/c1-13(12-22-14(19)16(2,3)4)24-18(8,9)15(20)21-10-11-23-17(5,6)7/h13H,10-12H2,1-9H3. The van der Waals surface area contributed by atoms with E-state index in [4.69, 9.17) is 18.9 Å². The van der Waals surface area contributed by atoms with E-state index in [2.05, 4.69) is 0 Å². The highest BCUT2D eigenvalue weighted by Crippen LogP contribution is 2.18. The van der Waals surface area contributed by atoms with Gasteiger partial charge in [0.25, 0.3) is 0 Å². The molecule has 0 spiro atoms. The number of esters is 2. The normalized spacial score (nSPS) is 14.2. The van der Waals surface area contributed by atoms with E-state index < -0.39 is 23.1 Å². The summed E-state index contributed by atoms with van der Waals surface area (Å²) in [6.45, 7) is 16.7. The highest BCUT2D eigenvalue weighted by Gasteiger charge is 2.33. The summed E-state index contributed by atoms with van der Waals surface area (Å²) in [5, 5.41) is 0. The quantitative estimate of drug-likeness (QED) is 0.497. The molecule has 1 unspecified atom stereocenters. The van der Waals surface area contributed by atoms with E-state index in [1.54, 1.807) is 41.5 Å². The number of ether oxygens (including phenoxy) is 4. The zero-order valence-electron chi connectivity index (χ0n) is 16.6. The van der Waals surface area contributed by atoms with Gasteiger partial charge in [0.1, 0.15) is 13.2 Å². The third-order valence-electron chi connectivity index (χ3n) is 2.90. The molecule has 0 saturated carbocycles. The van der Waals surface area contributed by atoms with Crippen LogP contribution in [0.15, 0.2) is 0 Å². The van der Waals surface area contributed by atoms with Gasteiger partial charge >= 0.3 is 11.9 Å². The van der Waals surface area contributed by atoms with Crippen molar-refractivity contribution < 1.29 is 28.5 Å². The maximum Gasteiger partial charge on any atom is 0.337 e. The summed E-state index contributed by atoms with van der Waals surface area (Å²) >= 11 is 0. The lowest BCUT2D eigenvalue weighted by molar-refractivity contribution is -0.181. The van der Waals surface area contributed by atoms with Gasteiger partial charge in [-0.05, 0) is 62.3 Å². The molecular weight excluding hydrogens is 312 g/mol.